The first kappa shape index (κ1) is 11.1. The van der Waals surface area contributed by atoms with Crippen LogP contribution in [0.15, 0.2) is 16.3 Å². The third-order valence-corrected chi connectivity index (χ3v) is 3.90. The number of nitro groups is 1. The number of rotatable bonds is 2. The van der Waals surface area contributed by atoms with E-state index in [0.717, 1.165) is 28.4 Å². The number of nitrogens with zero attached hydrogens (tertiary/aromatic N) is 4. The maximum Gasteiger partial charge on any atom is 0.343 e. The van der Waals surface area contributed by atoms with Gasteiger partial charge in [-0.2, -0.15) is 0 Å². The fourth-order valence-corrected chi connectivity index (χ4v) is 3.04. The second-order valence-electron chi connectivity index (χ2n) is 2.77. The van der Waals surface area contributed by atoms with Gasteiger partial charge in [0.2, 0.25) is 5.82 Å². The monoisotopic (exact) mass is 257 g/mol. The van der Waals surface area contributed by atoms with Crippen molar-refractivity contribution in [2.75, 3.05) is 18.0 Å². The minimum Gasteiger partial charge on any atom is -0.378 e. The lowest BCUT2D eigenvalue weighted by Gasteiger charge is -2.01. The van der Waals surface area contributed by atoms with E-state index in [-0.39, 0.29) is 16.5 Å². The van der Waals surface area contributed by atoms with Crippen molar-refractivity contribution in [2.45, 2.75) is 5.03 Å². The summed E-state index contributed by atoms with van der Waals surface area (Å²) in [5.41, 5.74) is 5.20. The van der Waals surface area contributed by atoms with Crippen LogP contribution in [0.1, 0.15) is 0 Å². The van der Waals surface area contributed by atoms with Crippen molar-refractivity contribution in [1.29, 1.82) is 0 Å². The molecule has 1 aromatic rings. The Kier molecular flexibility index (Phi) is 3.25. The molecule has 0 bridgehead atoms. The van der Waals surface area contributed by atoms with Crippen molar-refractivity contribution in [3.63, 3.8) is 0 Å². The van der Waals surface area contributed by atoms with E-state index in [4.69, 9.17) is 5.73 Å². The summed E-state index contributed by atoms with van der Waals surface area (Å²) in [6, 6.07) is 0. The predicted octanol–water partition coefficient (Wildman–Crippen LogP) is 1.16. The molecule has 1 aliphatic heterocycles. The Morgan fingerprint density at radius 1 is 1.56 bits per heavy atom. The summed E-state index contributed by atoms with van der Waals surface area (Å²) in [7, 11) is 0. The van der Waals surface area contributed by atoms with Crippen molar-refractivity contribution in [3.05, 3.63) is 16.4 Å². The van der Waals surface area contributed by atoms with E-state index in [1.165, 1.54) is 6.33 Å². The van der Waals surface area contributed by atoms with E-state index in [1.807, 2.05) is 0 Å². The SMILES string of the molecule is Nc1ncnc(SC2=NCCS2)c1[N+](=O)[O-]. The lowest BCUT2D eigenvalue weighted by Crippen LogP contribution is -2.02. The molecular weight excluding hydrogens is 250 g/mol. The van der Waals surface area contributed by atoms with Crippen molar-refractivity contribution in [3.8, 4) is 0 Å². The van der Waals surface area contributed by atoms with Gasteiger partial charge in [-0.15, -0.1) is 0 Å². The van der Waals surface area contributed by atoms with E-state index in [2.05, 4.69) is 15.0 Å². The number of hydrogen-bond donors (Lipinski definition) is 1. The molecular formula is C7H7N5O2S2. The highest BCUT2D eigenvalue weighted by atomic mass is 32.2. The summed E-state index contributed by atoms with van der Waals surface area (Å²) in [6.45, 7) is 0.737. The van der Waals surface area contributed by atoms with Crippen LogP contribution in [0.2, 0.25) is 0 Å². The van der Waals surface area contributed by atoms with Crippen molar-refractivity contribution in [1.82, 2.24) is 9.97 Å². The van der Waals surface area contributed by atoms with E-state index in [0.29, 0.717) is 0 Å². The van der Waals surface area contributed by atoms with Gasteiger partial charge in [-0.25, -0.2) is 9.97 Å². The third-order valence-electron chi connectivity index (χ3n) is 1.74. The zero-order valence-corrected chi connectivity index (χ0v) is 9.62. The summed E-state index contributed by atoms with van der Waals surface area (Å²) >= 11 is 2.71. The van der Waals surface area contributed by atoms with Gasteiger partial charge in [0.05, 0.1) is 11.5 Å². The normalized spacial score (nSPS) is 14.9. The van der Waals surface area contributed by atoms with Crippen LogP contribution in [0, 0.1) is 10.1 Å². The first-order chi connectivity index (χ1) is 7.68. The molecule has 9 heteroatoms. The molecule has 1 aliphatic rings. The molecule has 7 nitrogen and oxygen atoms in total. The maximum absolute atomic E-state index is 10.8. The van der Waals surface area contributed by atoms with Crippen LogP contribution in [0.4, 0.5) is 11.5 Å². The summed E-state index contributed by atoms with van der Waals surface area (Å²) in [5, 5.41) is 11.0. The van der Waals surface area contributed by atoms with Gasteiger partial charge in [0.15, 0.2) is 5.03 Å². The summed E-state index contributed by atoms with van der Waals surface area (Å²) in [5.74, 6) is 0.780. The molecule has 0 atom stereocenters. The molecule has 0 amide bonds. The molecule has 1 aromatic heterocycles. The number of nitrogen functional groups attached to an aromatic ring is 1. The van der Waals surface area contributed by atoms with Crippen LogP contribution in [-0.2, 0) is 0 Å². The van der Waals surface area contributed by atoms with Gasteiger partial charge in [0.25, 0.3) is 0 Å². The standard InChI is InChI=1S/C7H7N5O2S2/c8-5-4(12(13)14)6(11-3-10-5)16-7-9-1-2-15-7/h3H,1-2H2,(H2,8,10,11). The number of hydrogen-bond acceptors (Lipinski definition) is 8. The van der Waals surface area contributed by atoms with Crippen molar-refractivity contribution < 1.29 is 4.92 Å². The highest BCUT2D eigenvalue weighted by molar-refractivity contribution is 8.39. The first-order valence-corrected chi connectivity index (χ1v) is 6.08. The quantitative estimate of drug-likeness (QED) is 0.481. The second kappa shape index (κ2) is 4.66. The Balaban J connectivity index is 2.32. The second-order valence-corrected chi connectivity index (χ2v) is 5.09. The molecule has 0 unspecified atom stereocenters. The summed E-state index contributed by atoms with van der Waals surface area (Å²) in [6.07, 6.45) is 1.21. The van der Waals surface area contributed by atoms with Crippen LogP contribution < -0.4 is 5.73 Å². The third kappa shape index (κ3) is 2.25. The van der Waals surface area contributed by atoms with Crippen LogP contribution in [0.3, 0.4) is 0 Å². The Hall–Kier alpha value is -1.35. The van der Waals surface area contributed by atoms with E-state index >= 15 is 0 Å². The molecule has 0 saturated carbocycles. The fourth-order valence-electron chi connectivity index (χ4n) is 1.08. The first-order valence-electron chi connectivity index (χ1n) is 4.28. The molecule has 0 aliphatic carbocycles. The van der Waals surface area contributed by atoms with Gasteiger partial charge in [0, 0.05) is 5.75 Å². The minimum atomic E-state index is -0.572. The molecule has 0 aromatic carbocycles. The van der Waals surface area contributed by atoms with E-state index in [9.17, 15) is 10.1 Å². The minimum absolute atomic E-state index is 0.119. The Labute approximate surface area is 99.1 Å². The zero-order valence-electron chi connectivity index (χ0n) is 7.99. The number of thioether (sulfide) groups is 2. The number of aromatic nitrogens is 2. The molecule has 2 N–H and O–H groups in total. The lowest BCUT2D eigenvalue weighted by atomic mass is 10.5. The van der Waals surface area contributed by atoms with E-state index in [1.54, 1.807) is 11.8 Å². The summed E-state index contributed by atoms with van der Waals surface area (Å²) in [4.78, 5) is 21.9. The Bertz CT molecular complexity index is 464. The van der Waals surface area contributed by atoms with Crippen molar-refractivity contribution >= 4 is 39.4 Å². The van der Waals surface area contributed by atoms with Crippen LogP contribution in [0.5, 0.6) is 0 Å². The molecule has 0 spiro atoms. The smallest absolute Gasteiger partial charge is 0.343 e. The zero-order chi connectivity index (χ0) is 11.5. The molecule has 0 fully saturated rings. The average Bonchev–Trinajstić information content (AvgIpc) is 2.70. The Morgan fingerprint density at radius 2 is 2.38 bits per heavy atom. The summed E-state index contributed by atoms with van der Waals surface area (Å²) < 4.78 is 0.779. The topological polar surface area (TPSA) is 107 Å². The molecule has 2 rings (SSSR count). The highest BCUT2D eigenvalue weighted by Crippen LogP contribution is 2.35. The van der Waals surface area contributed by atoms with E-state index < -0.39 is 4.92 Å². The van der Waals surface area contributed by atoms with Gasteiger partial charge in [0.1, 0.15) is 10.7 Å². The van der Waals surface area contributed by atoms with Gasteiger partial charge >= 0.3 is 5.69 Å². The van der Waals surface area contributed by atoms with Crippen LogP contribution >= 0.6 is 23.5 Å². The molecule has 0 radical (unpaired) electrons. The van der Waals surface area contributed by atoms with Crippen LogP contribution in [-0.4, -0.2) is 31.6 Å². The molecule has 16 heavy (non-hydrogen) atoms. The fraction of sp³-hybridized carbons (Fsp3) is 0.286. The highest BCUT2D eigenvalue weighted by Gasteiger charge is 2.23. The van der Waals surface area contributed by atoms with Crippen molar-refractivity contribution in [2.24, 2.45) is 4.99 Å². The molecule has 2 heterocycles. The average molecular weight is 257 g/mol. The predicted molar refractivity (Wildman–Crippen MR) is 63.7 cm³/mol. The number of nitrogens with two attached hydrogens (primary N) is 1. The Morgan fingerprint density at radius 3 is 3.00 bits per heavy atom. The van der Waals surface area contributed by atoms with Crippen LogP contribution in [0.25, 0.3) is 0 Å². The van der Waals surface area contributed by atoms with Gasteiger partial charge in [-0.05, 0) is 11.8 Å². The lowest BCUT2D eigenvalue weighted by molar-refractivity contribution is -0.387. The maximum atomic E-state index is 10.8. The van der Waals surface area contributed by atoms with Gasteiger partial charge in [-0.1, -0.05) is 11.8 Å². The largest absolute Gasteiger partial charge is 0.378 e. The van der Waals surface area contributed by atoms with Gasteiger partial charge < -0.3 is 5.73 Å². The molecule has 0 saturated heterocycles. The van der Waals surface area contributed by atoms with Gasteiger partial charge in [-0.3, -0.25) is 15.1 Å². The molecule has 84 valence electrons. The number of aliphatic imine (C=N–C) groups is 1. The number of anilines is 1.